The van der Waals surface area contributed by atoms with Gasteiger partial charge in [0.25, 0.3) is 0 Å². The summed E-state index contributed by atoms with van der Waals surface area (Å²) in [5, 5.41) is 22.0. The minimum Gasteiger partial charge on any atom is -0.481 e. The lowest BCUT2D eigenvalue weighted by molar-refractivity contribution is -0.150. The van der Waals surface area contributed by atoms with E-state index >= 15 is 0 Å². The van der Waals surface area contributed by atoms with Crippen molar-refractivity contribution in [2.24, 2.45) is 5.41 Å². The van der Waals surface area contributed by atoms with Crippen LogP contribution in [0.3, 0.4) is 0 Å². The van der Waals surface area contributed by atoms with E-state index in [0.717, 1.165) is 30.5 Å². The number of aliphatic carboxylic acids is 1. The van der Waals surface area contributed by atoms with Gasteiger partial charge in [0.1, 0.15) is 6.07 Å². The van der Waals surface area contributed by atoms with E-state index in [1.807, 2.05) is 25.1 Å². The number of anilines is 1. The van der Waals surface area contributed by atoms with Gasteiger partial charge in [0, 0.05) is 6.04 Å². The van der Waals surface area contributed by atoms with E-state index in [9.17, 15) is 15.2 Å². The van der Waals surface area contributed by atoms with Crippen molar-refractivity contribution in [2.45, 2.75) is 45.6 Å². The maximum Gasteiger partial charge on any atom is 0.311 e. The lowest BCUT2D eigenvalue weighted by atomic mass is 9.71. The zero-order valence-electron chi connectivity index (χ0n) is 11.9. The fourth-order valence-corrected chi connectivity index (χ4v) is 2.89. The molecule has 0 radical (unpaired) electrons. The van der Waals surface area contributed by atoms with Crippen LogP contribution in [-0.2, 0) is 4.79 Å². The number of nitrogens with one attached hydrogen (secondary N) is 1. The monoisotopic (exact) mass is 272 g/mol. The molecule has 0 spiro atoms. The van der Waals surface area contributed by atoms with Gasteiger partial charge in [0.2, 0.25) is 0 Å². The highest BCUT2D eigenvalue weighted by atomic mass is 16.4. The van der Waals surface area contributed by atoms with Gasteiger partial charge in [-0.3, -0.25) is 4.79 Å². The van der Waals surface area contributed by atoms with Crippen molar-refractivity contribution in [2.75, 3.05) is 5.32 Å². The number of nitriles is 1. The quantitative estimate of drug-likeness (QED) is 0.885. The first-order valence-corrected chi connectivity index (χ1v) is 6.98. The molecular formula is C16H20N2O2. The Bertz CT molecular complexity index is 562. The Balaban J connectivity index is 2.28. The van der Waals surface area contributed by atoms with Crippen molar-refractivity contribution in [1.29, 1.82) is 5.26 Å². The number of rotatable bonds is 3. The molecule has 0 heterocycles. The molecule has 0 aromatic heterocycles. The summed E-state index contributed by atoms with van der Waals surface area (Å²) >= 11 is 0. The van der Waals surface area contributed by atoms with Gasteiger partial charge in [-0.25, -0.2) is 0 Å². The van der Waals surface area contributed by atoms with E-state index < -0.39 is 11.4 Å². The van der Waals surface area contributed by atoms with Crippen LogP contribution in [0, 0.1) is 23.7 Å². The molecule has 2 atom stereocenters. The van der Waals surface area contributed by atoms with E-state index in [-0.39, 0.29) is 6.04 Å². The minimum atomic E-state index is -0.768. The zero-order valence-corrected chi connectivity index (χ0v) is 11.9. The summed E-state index contributed by atoms with van der Waals surface area (Å²) in [4.78, 5) is 11.6. The smallest absolute Gasteiger partial charge is 0.311 e. The predicted molar refractivity (Wildman–Crippen MR) is 77.5 cm³/mol. The van der Waals surface area contributed by atoms with Crippen LogP contribution in [0.15, 0.2) is 18.2 Å². The molecule has 1 aliphatic carbocycles. The fraction of sp³-hybridized carbons (Fsp3) is 0.500. The zero-order chi connectivity index (χ0) is 14.8. The van der Waals surface area contributed by atoms with Crippen molar-refractivity contribution >= 4 is 11.7 Å². The molecule has 0 amide bonds. The third-order valence-electron chi connectivity index (χ3n) is 4.32. The van der Waals surface area contributed by atoms with Crippen molar-refractivity contribution in [3.8, 4) is 6.07 Å². The molecular weight excluding hydrogens is 252 g/mol. The van der Waals surface area contributed by atoms with Crippen LogP contribution in [0.1, 0.15) is 43.7 Å². The molecule has 4 nitrogen and oxygen atoms in total. The fourth-order valence-electron chi connectivity index (χ4n) is 2.89. The van der Waals surface area contributed by atoms with E-state index in [1.54, 1.807) is 6.92 Å². The van der Waals surface area contributed by atoms with Crippen molar-refractivity contribution in [1.82, 2.24) is 0 Å². The normalized spacial score (nSPS) is 25.8. The molecule has 2 rings (SSSR count). The number of carboxylic acids is 1. The first kappa shape index (κ1) is 14.4. The lowest BCUT2D eigenvalue weighted by Gasteiger charge is -2.39. The van der Waals surface area contributed by atoms with Gasteiger partial charge in [-0.2, -0.15) is 5.26 Å². The molecule has 1 fully saturated rings. The maximum absolute atomic E-state index is 11.6. The van der Waals surface area contributed by atoms with Gasteiger partial charge < -0.3 is 10.4 Å². The highest BCUT2D eigenvalue weighted by Gasteiger charge is 2.43. The maximum atomic E-state index is 11.6. The number of hydrogen-bond donors (Lipinski definition) is 2. The molecule has 1 aromatic rings. The average molecular weight is 272 g/mol. The molecule has 0 aliphatic heterocycles. The van der Waals surface area contributed by atoms with Crippen LogP contribution in [0.2, 0.25) is 0 Å². The van der Waals surface area contributed by atoms with Gasteiger partial charge in [-0.15, -0.1) is 0 Å². The Morgan fingerprint density at radius 1 is 1.50 bits per heavy atom. The van der Waals surface area contributed by atoms with Gasteiger partial charge in [0.05, 0.1) is 16.7 Å². The second-order valence-electron chi connectivity index (χ2n) is 5.83. The number of aryl methyl sites for hydroxylation is 1. The second-order valence-corrected chi connectivity index (χ2v) is 5.83. The summed E-state index contributed by atoms with van der Waals surface area (Å²) in [6.45, 7) is 3.74. The Labute approximate surface area is 119 Å². The number of nitrogens with zero attached hydrogens (tertiary/aromatic N) is 1. The number of hydrogen-bond acceptors (Lipinski definition) is 3. The molecule has 1 aliphatic rings. The SMILES string of the molecule is Cc1ccc(NC2CCCCC2(C)C(=O)O)c(C#N)c1. The first-order valence-electron chi connectivity index (χ1n) is 6.98. The van der Waals surface area contributed by atoms with E-state index in [0.29, 0.717) is 12.0 Å². The largest absolute Gasteiger partial charge is 0.481 e. The molecule has 2 N–H and O–H groups in total. The first-order chi connectivity index (χ1) is 9.47. The summed E-state index contributed by atoms with van der Waals surface area (Å²) in [5.74, 6) is -0.764. The van der Waals surface area contributed by atoms with Crippen LogP contribution < -0.4 is 5.32 Å². The number of benzene rings is 1. The van der Waals surface area contributed by atoms with E-state index in [2.05, 4.69) is 11.4 Å². The molecule has 0 saturated heterocycles. The van der Waals surface area contributed by atoms with Gasteiger partial charge in [-0.05, 0) is 44.4 Å². The van der Waals surface area contributed by atoms with E-state index in [4.69, 9.17) is 0 Å². The van der Waals surface area contributed by atoms with Gasteiger partial charge in [0.15, 0.2) is 0 Å². The molecule has 4 heteroatoms. The highest BCUT2D eigenvalue weighted by molar-refractivity contribution is 5.76. The third-order valence-corrected chi connectivity index (χ3v) is 4.32. The Morgan fingerprint density at radius 3 is 2.90 bits per heavy atom. The summed E-state index contributed by atoms with van der Waals surface area (Å²) in [6, 6.07) is 7.66. The van der Waals surface area contributed by atoms with Crippen LogP contribution in [0.4, 0.5) is 5.69 Å². The minimum absolute atomic E-state index is 0.136. The second kappa shape index (κ2) is 5.54. The summed E-state index contributed by atoms with van der Waals surface area (Å²) in [7, 11) is 0. The summed E-state index contributed by atoms with van der Waals surface area (Å²) in [5.41, 5.74) is 1.56. The lowest BCUT2D eigenvalue weighted by Crippen LogP contribution is -2.46. The standard InChI is InChI=1S/C16H20N2O2/c1-11-6-7-13(12(9-11)10-17)18-14-5-3-4-8-16(14,2)15(19)20/h6-7,9,14,18H,3-5,8H2,1-2H3,(H,19,20). The highest BCUT2D eigenvalue weighted by Crippen LogP contribution is 2.38. The third kappa shape index (κ3) is 2.62. The topological polar surface area (TPSA) is 73.1 Å². The molecule has 20 heavy (non-hydrogen) atoms. The van der Waals surface area contributed by atoms with Crippen molar-refractivity contribution < 1.29 is 9.90 Å². The Kier molecular flexibility index (Phi) is 3.99. The summed E-state index contributed by atoms with van der Waals surface area (Å²) in [6.07, 6.45) is 3.46. The molecule has 0 bridgehead atoms. The molecule has 106 valence electrons. The molecule has 2 unspecified atom stereocenters. The van der Waals surface area contributed by atoms with Crippen molar-refractivity contribution in [3.05, 3.63) is 29.3 Å². The summed E-state index contributed by atoms with van der Waals surface area (Å²) < 4.78 is 0. The van der Waals surface area contributed by atoms with Crippen LogP contribution in [0.5, 0.6) is 0 Å². The van der Waals surface area contributed by atoms with Gasteiger partial charge in [-0.1, -0.05) is 18.9 Å². The number of carbonyl (C=O) groups is 1. The van der Waals surface area contributed by atoms with Crippen molar-refractivity contribution in [3.63, 3.8) is 0 Å². The van der Waals surface area contributed by atoms with E-state index in [1.165, 1.54) is 0 Å². The Morgan fingerprint density at radius 2 is 2.25 bits per heavy atom. The number of carboxylic acid groups (broad SMARTS) is 1. The van der Waals surface area contributed by atoms with Crippen LogP contribution in [0.25, 0.3) is 0 Å². The predicted octanol–water partition coefficient (Wildman–Crippen LogP) is 3.31. The molecule has 1 saturated carbocycles. The van der Waals surface area contributed by atoms with Crippen LogP contribution >= 0.6 is 0 Å². The Hall–Kier alpha value is -2.02. The molecule has 1 aromatic carbocycles. The van der Waals surface area contributed by atoms with Gasteiger partial charge >= 0.3 is 5.97 Å². The van der Waals surface area contributed by atoms with Crippen LogP contribution in [-0.4, -0.2) is 17.1 Å². The average Bonchev–Trinajstić information content (AvgIpc) is 2.43.